The summed E-state index contributed by atoms with van der Waals surface area (Å²) < 4.78 is 5.36. The molecule has 0 radical (unpaired) electrons. The summed E-state index contributed by atoms with van der Waals surface area (Å²) in [6.45, 7) is 1.22. The van der Waals surface area contributed by atoms with Crippen LogP contribution in [0.4, 0.5) is 0 Å². The molecule has 0 spiro atoms. The first-order valence-electron chi connectivity index (χ1n) is 5.55. The molecule has 2 atom stereocenters. The highest BCUT2D eigenvalue weighted by Crippen LogP contribution is 2.21. The van der Waals surface area contributed by atoms with Crippen LogP contribution in [0.2, 0.25) is 0 Å². The number of ether oxygens (including phenoxy) is 1. The van der Waals surface area contributed by atoms with Gasteiger partial charge >= 0.3 is 0 Å². The molecule has 1 heterocycles. The van der Waals surface area contributed by atoms with E-state index in [-0.39, 0.29) is 12.0 Å². The van der Waals surface area contributed by atoms with Crippen molar-refractivity contribution in [1.29, 1.82) is 5.26 Å². The number of benzene rings is 1. The van der Waals surface area contributed by atoms with Gasteiger partial charge in [0.1, 0.15) is 0 Å². The van der Waals surface area contributed by atoms with Gasteiger partial charge in [0.05, 0.1) is 24.3 Å². The van der Waals surface area contributed by atoms with Crippen LogP contribution in [-0.4, -0.2) is 24.4 Å². The van der Waals surface area contributed by atoms with Gasteiger partial charge in [0.15, 0.2) is 0 Å². The molecule has 16 heavy (non-hydrogen) atoms. The van der Waals surface area contributed by atoms with Gasteiger partial charge in [0.2, 0.25) is 0 Å². The Bertz CT molecular complexity index is 397. The summed E-state index contributed by atoms with van der Waals surface area (Å²) in [4.78, 5) is 0. The second-order valence-corrected chi connectivity index (χ2v) is 4.16. The third-order valence-electron chi connectivity index (χ3n) is 3.05. The number of aliphatic hydroxyl groups excluding tert-OH is 1. The van der Waals surface area contributed by atoms with E-state index in [9.17, 15) is 5.11 Å². The Morgan fingerprint density at radius 3 is 3.00 bits per heavy atom. The molecule has 1 N–H and O–H groups in total. The van der Waals surface area contributed by atoms with Gasteiger partial charge in [0, 0.05) is 12.5 Å². The smallest absolute Gasteiger partial charge is 0.0994 e. The van der Waals surface area contributed by atoms with Gasteiger partial charge in [-0.2, -0.15) is 5.26 Å². The van der Waals surface area contributed by atoms with Crippen molar-refractivity contribution < 1.29 is 9.84 Å². The molecular formula is C13H15NO2. The first kappa shape index (κ1) is 11.1. The second-order valence-electron chi connectivity index (χ2n) is 4.16. The second kappa shape index (κ2) is 5.11. The van der Waals surface area contributed by atoms with E-state index in [0.717, 1.165) is 5.56 Å². The van der Waals surface area contributed by atoms with Crippen LogP contribution in [0, 0.1) is 17.2 Å². The van der Waals surface area contributed by atoms with E-state index in [0.29, 0.717) is 31.6 Å². The fourth-order valence-corrected chi connectivity index (χ4v) is 2.07. The van der Waals surface area contributed by atoms with E-state index >= 15 is 0 Å². The molecule has 0 amide bonds. The zero-order valence-corrected chi connectivity index (χ0v) is 9.10. The fourth-order valence-electron chi connectivity index (χ4n) is 2.07. The minimum absolute atomic E-state index is 0.114. The van der Waals surface area contributed by atoms with Gasteiger partial charge in [-0.25, -0.2) is 0 Å². The molecule has 3 nitrogen and oxygen atoms in total. The lowest BCUT2D eigenvalue weighted by atomic mass is 9.90. The SMILES string of the molecule is N#Cc1ccccc1C[C@H]1COCC[C@H]1O. The van der Waals surface area contributed by atoms with E-state index in [4.69, 9.17) is 10.00 Å². The summed E-state index contributed by atoms with van der Waals surface area (Å²) in [7, 11) is 0. The van der Waals surface area contributed by atoms with Crippen LogP contribution in [0.25, 0.3) is 0 Å². The van der Waals surface area contributed by atoms with Gasteiger partial charge in [-0.15, -0.1) is 0 Å². The molecule has 0 aromatic heterocycles. The minimum atomic E-state index is -0.305. The Morgan fingerprint density at radius 2 is 2.25 bits per heavy atom. The summed E-state index contributed by atoms with van der Waals surface area (Å²) in [5, 5.41) is 18.8. The number of nitrogens with zero attached hydrogens (tertiary/aromatic N) is 1. The lowest BCUT2D eigenvalue weighted by Gasteiger charge is -2.27. The van der Waals surface area contributed by atoms with Crippen LogP contribution >= 0.6 is 0 Å². The molecule has 1 fully saturated rings. The minimum Gasteiger partial charge on any atom is -0.393 e. The van der Waals surface area contributed by atoms with Crippen LogP contribution < -0.4 is 0 Å². The summed E-state index contributed by atoms with van der Waals surface area (Å²) in [6, 6.07) is 9.71. The highest BCUT2D eigenvalue weighted by Gasteiger charge is 2.24. The van der Waals surface area contributed by atoms with Crippen LogP contribution in [0.5, 0.6) is 0 Å². The molecule has 1 aliphatic heterocycles. The quantitative estimate of drug-likeness (QED) is 0.816. The predicted molar refractivity (Wildman–Crippen MR) is 59.8 cm³/mol. The van der Waals surface area contributed by atoms with Crippen LogP contribution in [0.1, 0.15) is 17.5 Å². The number of hydrogen-bond donors (Lipinski definition) is 1. The van der Waals surface area contributed by atoms with E-state index in [1.165, 1.54) is 0 Å². The molecule has 1 aromatic carbocycles. The Labute approximate surface area is 95.3 Å². The average molecular weight is 217 g/mol. The van der Waals surface area contributed by atoms with Crippen LogP contribution in [0.3, 0.4) is 0 Å². The van der Waals surface area contributed by atoms with Crippen molar-refractivity contribution in [1.82, 2.24) is 0 Å². The summed E-state index contributed by atoms with van der Waals surface area (Å²) >= 11 is 0. The van der Waals surface area contributed by atoms with Gasteiger partial charge in [0.25, 0.3) is 0 Å². The lowest BCUT2D eigenvalue weighted by molar-refractivity contribution is -0.0350. The number of aliphatic hydroxyl groups is 1. The zero-order chi connectivity index (χ0) is 11.4. The normalized spacial score (nSPS) is 25.0. The van der Waals surface area contributed by atoms with Crippen LogP contribution in [-0.2, 0) is 11.2 Å². The van der Waals surface area contributed by atoms with Crippen molar-refractivity contribution in [2.24, 2.45) is 5.92 Å². The molecule has 84 valence electrons. The first-order valence-corrected chi connectivity index (χ1v) is 5.55. The zero-order valence-electron chi connectivity index (χ0n) is 9.10. The van der Waals surface area contributed by atoms with E-state index in [1.807, 2.05) is 24.3 Å². The van der Waals surface area contributed by atoms with E-state index in [1.54, 1.807) is 0 Å². The third kappa shape index (κ3) is 2.41. The first-order chi connectivity index (χ1) is 7.81. The highest BCUT2D eigenvalue weighted by atomic mass is 16.5. The summed E-state index contributed by atoms with van der Waals surface area (Å²) in [5.74, 6) is 0.114. The van der Waals surface area contributed by atoms with Gasteiger partial charge < -0.3 is 9.84 Å². The summed E-state index contributed by atoms with van der Waals surface area (Å²) in [6.07, 6.45) is 1.10. The predicted octanol–water partition coefficient (Wildman–Crippen LogP) is 1.50. The van der Waals surface area contributed by atoms with Gasteiger partial charge in [-0.1, -0.05) is 18.2 Å². The van der Waals surface area contributed by atoms with Crippen molar-refractivity contribution in [3.8, 4) is 6.07 Å². The van der Waals surface area contributed by atoms with Crippen molar-refractivity contribution in [3.05, 3.63) is 35.4 Å². The van der Waals surface area contributed by atoms with E-state index in [2.05, 4.69) is 6.07 Å². The highest BCUT2D eigenvalue weighted by molar-refractivity contribution is 5.37. The molecule has 1 aromatic rings. The maximum absolute atomic E-state index is 9.83. The lowest BCUT2D eigenvalue weighted by Crippen LogP contribution is -2.33. The monoisotopic (exact) mass is 217 g/mol. The Morgan fingerprint density at radius 1 is 1.44 bits per heavy atom. The van der Waals surface area contributed by atoms with Crippen LogP contribution in [0.15, 0.2) is 24.3 Å². The fraction of sp³-hybridized carbons (Fsp3) is 0.462. The van der Waals surface area contributed by atoms with Gasteiger partial charge in [-0.05, 0) is 24.5 Å². The maximum atomic E-state index is 9.83. The summed E-state index contributed by atoms with van der Waals surface area (Å²) in [5.41, 5.74) is 1.69. The van der Waals surface area contributed by atoms with Crippen molar-refractivity contribution in [3.63, 3.8) is 0 Å². The number of nitriles is 1. The molecule has 0 bridgehead atoms. The van der Waals surface area contributed by atoms with Crippen molar-refractivity contribution >= 4 is 0 Å². The van der Waals surface area contributed by atoms with Gasteiger partial charge in [-0.3, -0.25) is 0 Å². The molecule has 2 rings (SSSR count). The third-order valence-corrected chi connectivity index (χ3v) is 3.05. The topological polar surface area (TPSA) is 53.2 Å². The number of hydrogen-bond acceptors (Lipinski definition) is 3. The Balaban J connectivity index is 2.11. The number of rotatable bonds is 2. The van der Waals surface area contributed by atoms with E-state index < -0.39 is 0 Å². The molecule has 0 unspecified atom stereocenters. The molecule has 1 aliphatic rings. The molecule has 3 heteroatoms. The maximum Gasteiger partial charge on any atom is 0.0994 e. The van der Waals surface area contributed by atoms with Crippen molar-refractivity contribution in [2.45, 2.75) is 18.9 Å². The molecule has 0 saturated carbocycles. The molecule has 1 saturated heterocycles. The average Bonchev–Trinajstić information content (AvgIpc) is 2.33. The molecule has 0 aliphatic carbocycles. The Hall–Kier alpha value is -1.37. The van der Waals surface area contributed by atoms with Crippen molar-refractivity contribution in [2.75, 3.05) is 13.2 Å². The Kier molecular flexibility index (Phi) is 3.55. The largest absolute Gasteiger partial charge is 0.393 e. The standard InChI is InChI=1S/C13H15NO2/c14-8-11-4-2-1-3-10(11)7-12-9-16-6-5-13(12)15/h1-4,12-13,15H,5-7,9H2/t12-,13+/m0/s1. The molecular weight excluding hydrogens is 202 g/mol.